The summed E-state index contributed by atoms with van der Waals surface area (Å²) in [7, 11) is 1.33. The summed E-state index contributed by atoms with van der Waals surface area (Å²) in [5.74, 6) is -3.26. The molecule has 1 aliphatic rings. The van der Waals surface area contributed by atoms with E-state index in [1.807, 2.05) is 0 Å². The van der Waals surface area contributed by atoms with Crippen molar-refractivity contribution in [2.75, 3.05) is 13.7 Å². The Bertz CT molecular complexity index is 1480. The summed E-state index contributed by atoms with van der Waals surface area (Å²) in [5, 5.41) is 2.58. The first-order valence-electron chi connectivity index (χ1n) is 13.3. The number of aromatic nitrogens is 2. The Hall–Kier alpha value is -2.84. The van der Waals surface area contributed by atoms with Crippen molar-refractivity contribution in [3.63, 3.8) is 0 Å². The smallest absolute Gasteiger partial charge is 0.330 e. The van der Waals surface area contributed by atoms with Gasteiger partial charge >= 0.3 is 11.7 Å². The van der Waals surface area contributed by atoms with Crippen LogP contribution >= 0.6 is 34.8 Å². The van der Waals surface area contributed by atoms with Crippen LogP contribution in [-0.2, 0) is 25.5 Å². The monoisotopic (exact) mass is 653 g/mol. The number of aryl methyl sites for hydroxylation is 1. The Morgan fingerprint density at radius 3 is 2.48 bits per heavy atom. The lowest BCUT2D eigenvalue weighted by Gasteiger charge is -2.24. The third-order valence-electron chi connectivity index (χ3n) is 6.52. The third kappa shape index (κ3) is 7.20. The molecular weight excluding hydrogens is 622 g/mol. The van der Waals surface area contributed by atoms with Gasteiger partial charge < -0.3 is 30.0 Å². The van der Waals surface area contributed by atoms with Gasteiger partial charge in [-0.1, -0.05) is 55.6 Å². The van der Waals surface area contributed by atoms with Gasteiger partial charge in [-0.25, -0.2) is 9.18 Å². The molecule has 2 heterocycles. The number of aromatic amines is 1. The molecule has 6 atom stereocenters. The van der Waals surface area contributed by atoms with E-state index in [0.29, 0.717) is 0 Å². The molecule has 16 heteroatoms. The number of ether oxygens (including phenoxy) is 4. The Balaban J connectivity index is 1.84. The molecule has 1 amide bonds. The Kier molecular flexibility index (Phi) is 10.8. The number of benzene rings is 1. The molecule has 42 heavy (non-hydrogen) atoms. The lowest BCUT2D eigenvalue weighted by Crippen LogP contribution is -2.47. The van der Waals surface area contributed by atoms with Crippen LogP contribution in [0.15, 0.2) is 21.9 Å². The Labute approximate surface area is 256 Å². The van der Waals surface area contributed by atoms with Gasteiger partial charge in [0.15, 0.2) is 36.1 Å². The predicted molar refractivity (Wildman–Crippen MR) is 153 cm³/mol. The van der Waals surface area contributed by atoms with Crippen LogP contribution in [0.25, 0.3) is 0 Å². The molecule has 1 aromatic heterocycles. The number of carbonyl (C=O) groups excluding carboxylic acids is 2. The van der Waals surface area contributed by atoms with Gasteiger partial charge in [0.05, 0.1) is 17.2 Å². The standard InChI is InChI=1S/C26H32Cl3FN4O8/c1-6-12-9-34(26(38)33-23(12)36)24-17(30)21(42-25(37)18(31)10(2)3)15(41-24)8-32-22(35)11(4)40-20-14(28)7-13(27)19(39-5)16(20)29/h7,9-11,15,17-18,21,24H,6,8,31H2,1-5H3,(H,32,35)(H,33,36,38)/t11-,15+,17-,18-,21+,24?/m0/s1/i10D. The van der Waals surface area contributed by atoms with Crippen LogP contribution in [0.5, 0.6) is 11.5 Å². The molecule has 0 bridgehead atoms. The zero-order valence-electron chi connectivity index (χ0n) is 24.3. The molecule has 0 spiro atoms. The number of carbonyl (C=O) groups is 2. The van der Waals surface area contributed by atoms with E-state index in [4.69, 9.17) is 60.9 Å². The largest absolute Gasteiger partial charge is 0.493 e. The zero-order chi connectivity index (χ0) is 32.4. The number of esters is 1. The summed E-state index contributed by atoms with van der Waals surface area (Å²) in [6, 6.07) is -0.123. The maximum Gasteiger partial charge on any atom is 0.330 e. The highest BCUT2D eigenvalue weighted by Crippen LogP contribution is 2.45. The van der Waals surface area contributed by atoms with E-state index in [2.05, 4.69) is 10.3 Å². The molecule has 232 valence electrons. The fourth-order valence-corrected chi connectivity index (χ4v) is 5.07. The molecule has 1 aliphatic heterocycles. The summed E-state index contributed by atoms with van der Waals surface area (Å²) >= 11 is 18.5. The lowest BCUT2D eigenvalue weighted by atomic mass is 10.1. The minimum atomic E-state index is -2.13. The van der Waals surface area contributed by atoms with E-state index in [9.17, 15) is 19.2 Å². The van der Waals surface area contributed by atoms with Crippen LogP contribution in [0.1, 0.15) is 40.9 Å². The molecule has 1 aromatic carbocycles. The van der Waals surface area contributed by atoms with E-state index < -0.39 is 72.3 Å². The fourth-order valence-electron chi connectivity index (χ4n) is 4.06. The van der Waals surface area contributed by atoms with Gasteiger partial charge in [-0.3, -0.25) is 23.9 Å². The first-order valence-corrected chi connectivity index (χ1v) is 13.9. The van der Waals surface area contributed by atoms with Crippen LogP contribution in [-0.4, -0.2) is 65.6 Å². The lowest BCUT2D eigenvalue weighted by molar-refractivity contribution is -0.156. The third-order valence-corrected chi connectivity index (χ3v) is 7.43. The molecule has 12 nitrogen and oxygen atoms in total. The molecule has 0 aliphatic carbocycles. The average molecular weight is 655 g/mol. The number of hydrogen-bond acceptors (Lipinski definition) is 9. The van der Waals surface area contributed by atoms with Crippen LogP contribution in [0.2, 0.25) is 15.1 Å². The number of H-pyrrole nitrogens is 1. The summed E-state index contributed by atoms with van der Waals surface area (Å²) in [6.45, 7) is 5.39. The van der Waals surface area contributed by atoms with Crippen molar-refractivity contribution >= 4 is 46.7 Å². The maximum atomic E-state index is 15.9. The summed E-state index contributed by atoms with van der Waals surface area (Å²) < 4.78 is 46.6. The minimum Gasteiger partial charge on any atom is -0.493 e. The number of nitrogens with zero attached hydrogens (tertiary/aromatic N) is 1. The average Bonchev–Trinajstić information content (AvgIpc) is 3.23. The van der Waals surface area contributed by atoms with Crippen LogP contribution in [0.3, 0.4) is 0 Å². The van der Waals surface area contributed by atoms with E-state index >= 15 is 4.39 Å². The molecule has 1 unspecified atom stereocenters. The fraction of sp³-hybridized carbons (Fsp3) is 0.538. The quantitative estimate of drug-likeness (QED) is 0.309. The first-order chi connectivity index (χ1) is 20.0. The second kappa shape index (κ2) is 14.1. The number of nitrogens with two attached hydrogens (primary N) is 1. The van der Waals surface area contributed by atoms with E-state index in [1.54, 1.807) is 6.92 Å². The van der Waals surface area contributed by atoms with E-state index in [1.165, 1.54) is 33.9 Å². The molecule has 0 radical (unpaired) electrons. The number of alkyl halides is 1. The summed E-state index contributed by atoms with van der Waals surface area (Å²) in [6.07, 6.45) is -6.57. The Morgan fingerprint density at radius 1 is 1.24 bits per heavy atom. The number of rotatable bonds is 11. The molecule has 0 saturated carbocycles. The van der Waals surface area contributed by atoms with Crippen molar-refractivity contribution in [2.24, 2.45) is 11.6 Å². The van der Waals surface area contributed by atoms with Gasteiger partial charge in [-0.15, -0.1) is 0 Å². The number of nitrogens with one attached hydrogen (secondary N) is 2. The highest BCUT2D eigenvalue weighted by Gasteiger charge is 2.49. The SMILES string of the molecule is [2H]C(C)(C)[C@H](N)C(=O)O[C@H]1[C@H](F)C(n2cc(CC)c(=O)[nH]c2=O)O[C@@H]1CNC(=O)[C@H](C)Oc1c(Cl)cc(Cl)c(OC)c1Cl. The second-order valence-electron chi connectivity index (χ2n) is 9.66. The molecule has 1 saturated heterocycles. The van der Waals surface area contributed by atoms with Crippen molar-refractivity contribution in [3.8, 4) is 11.5 Å². The van der Waals surface area contributed by atoms with Crippen molar-refractivity contribution in [1.82, 2.24) is 14.9 Å². The number of methoxy groups -OCH3 is 1. The number of hydrogen-bond donors (Lipinski definition) is 3. The summed E-state index contributed by atoms with van der Waals surface area (Å²) in [4.78, 5) is 52.4. The summed E-state index contributed by atoms with van der Waals surface area (Å²) in [5.41, 5.74) is 4.42. The van der Waals surface area contributed by atoms with Crippen molar-refractivity contribution in [3.05, 3.63) is 53.7 Å². The highest BCUT2D eigenvalue weighted by molar-refractivity contribution is 6.42. The predicted octanol–water partition coefficient (Wildman–Crippen LogP) is 2.78. The van der Waals surface area contributed by atoms with Gasteiger partial charge in [-0.2, -0.15) is 0 Å². The Morgan fingerprint density at radius 2 is 1.88 bits per heavy atom. The van der Waals surface area contributed by atoms with Crippen molar-refractivity contribution in [1.29, 1.82) is 0 Å². The first kappa shape index (κ1) is 32.1. The molecule has 3 rings (SSSR count). The molecule has 1 fully saturated rings. The van der Waals surface area contributed by atoms with Crippen molar-refractivity contribution in [2.45, 2.75) is 70.9 Å². The van der Waals surface area contributed by atoms with Crippen LogP contribution < -0.4 is 31.8 Å². The normalized spacial score (nSPS) is 22.2. The molecule has 2 aromatic rings. The van der Waals surface area contributed by atoms with Gasteiger partial charge in [-0.05, 0) is 25.3 Å². The van der Waals surface area contributed by atoms with Crippen molar-refractivity contribution < 1.29 is 34.3 Å². The van der Waals surface area contributed by atoms with Gasteiger partial charge in [0, 0.05) is 19.7 Å². The van der Waals surface area contributed by atoms with Crippen LogP contribution in [0, 0.1) is 5.89 Å². The van der Waals surface area contributed by atoms with Crippen LogP contribution in [0.4, 0.5) is 4.39 Å². The van der Waals surface area contributed by atoms with Gasteiger partial charge in [0.1, 0.15) is 17.2 Å². The van der Waals surface area contributed by atoms with Gasteiger partial charge in [0.2, 0.25) is 0 Å². The zero-order valence-corrected chi connectivity index (χ0v) is 25.6. The second-order valence-corrected chi connectivity index (χ2v) is 10.9. The topological polar surface area (TPSA) is 164 Å². The number of halogens is 4. The number of amides is 1. The minimum absolute atomic E-state index is 0.0103. The highest BCUT2D eigenvalue weighted by atomic mass is 35.5. The maximum absolute atomic E-state index is 15.9. The van der Waals surface area contributed by atoms with E-state index in [0.717, 1.165) is 10.8 Å². The molecule has 4 N–H and O–H groups in total. The van der Waals surface area contributed by atoms with Gasteiger partial charge in [0.25, 0.3) is 11.5 Å². The van der Waals surface area contributed by atoms with E-state index in [-0.39, 0.29) is 38.6 Å². The molecular formula is C26H32Cl3FN4O8.